The molecule has 1 aromatic heterocycles. The fourth-order valence-corrected chi connectivity index (χ4v) is 1.18. The van der Waals surface area contributed by atoms with E-state index < -0.39 is 0 Å². The first-order valence-corrected chi connectivity index (χ1v) is 4.72. The molecule has 1 heterocycles. The SMILES string of the molecule is CC(C)Cn1ccc(C(C)(C)N)n1. The Morgan fingerprint density at radius 1 is 1.54 bits per heavy atom. The number of rotatable bonds is 3. The first-order valence-electron chi connectivity index (χ1n) is 4.72. The Hall–Kier alpha value is -0.830. The Morgan fingerprint density at radius 3 is 2.54 bits per heavy atom. The Balaban J connectivity index is 2.75. The quantitative estimate of drug-likeness (QED) is 0.771. The van der Waals surface area contributed by atoms with Gasteiger partial charge in [-0.3, -0.25) is 4.68 Å². The van der Waals surface area contributed by atoms with Crippen LogP contribution in [-0.2, 0) is 12.1 Å². The molecule has 0 aromatic carbocycles. The topological polar surface area (TPSA) is 43.8 Å². The molecule has 0 radical (unpaired) electrons. The van der Waals surface area contributed by atoms with E-state index >= 15 is 0 Å². The molecule has 0 aliphatic rings. The first kappa shape index (κ1) is 10.3. The number of nitrogens with two attached hydrogens (primary N) is 1. The Labute approximate surface area is 79.9 Å². The summed E-state index contributed by atoms with van der Waals surface area (Å²) in [5.41, 5.74) is 6.55. The summed E-state index contributed by atoms with van der Waals surface area (Å²) in [5, 5.41) is 4.41. The number of hydrogen-bond acceptors (Lipinski definition) is 2. The van der Waals surface area contributed by atoms with Crippen LogP contribution in [0.1, 0.15) is 33.4 Å². The molecule has 2 N–H and O–H groups in total. The molecule has 0 atom stereocenters. The molecule has 0 bridgehead atoms. The predicted octanol–water partition coefficient (Wildman–Crippen LogP) is 1.73. The van der Waals surface area contributed by atoms with Crippen LogP contribution >= 0.6 is 0 Å². The fourth-order valence-electron chi connectivity index (χ4n) is 1.18. The lowest BCUT2D eigenvalue weighted by Gasteiger charge is -2.14. The molecular formula is C10H19N3. The molecule has 0 aliphatic heterocycles. The summed E-state index contributed by atoms with van der Waals surface area (Å²) >= 11 is 0. The van der Waals surface area contributed by atoms with E-state index in [0.29, 0.717) is 5.92 Å². The highest BCUT2D eigenvalue weighted by Crippen LogP contribution is 2.13. The zero-order valence-electron chi connectivity index (χ0n) is 8.91. The van der Waals surface area contributed by atoms with Crippen molar-refractivity contribution in [2.45, 2.75) is 39.8 Å². The van der Waals surface area contributed by atoms with Crippen LogP contribution in [-0.4, -0.2) is 9.78 Å². The van der Waals surface area contributed by atoms with Crippen molar-refractivity contribution in [2.24, 2.45) is 11.7 Å². The van der Waals surface area contributed by atoms with Crippen molar-refractivity contribution in [3.05, 3.63) is 18.0 Å². The maximum absolute atomic E-state index is 5.93. The lowest BCUT2D eigenvalue weighted by Crippen LogP contribution is -2.29. The standard InChI is InChI=1S/C10H19N3/c1-8(2)7-13-6-5-9(12-13)10(3,4)11/h5-6,8H,7,11H2,1-4H3. The second-order valence-corrected chi connectivity index (χ2v) is 4.54. The van der Waals surface area contributed by atoms with Gasteiger partial charge in [-0.05, 0) is 25.8 Å². The van der Waals surface area contributed by atoms with E-state index in [0.717, 1.165) is 12.2 Å². The van der Waals surface area contributed by atoms with E-state index in [9.17, 15) is 0 Å². The van der Waals surface area contributed by atoms with E-state index in [1.807, 2.05) is 30.8 Å². The van der Waals surface area contributed by atoms with Gasteiger partial charge >= 0.3 is 0 Å². The van der Waals surface area contributed by atoms with Gasteiger partial charge in [0.25, 0.3) is 0 Å². The molecule has 74 valence electrons. The zero-order chi connectivity index (χ0) is 10.1. The van der Waals surface area contributed by atoms with Gasteiger partial charge in [-0.15, -0.1) is 0 Å². The second-order valence-electron chi connectivity index (χ2n) is 4.54. The van der Waals surface area contributed by atoms with Gasteiger partial charge in [0.1, 0.15) is 0 Å². The van der Waals surface area contributed by atoms with E-state index in [1.165, 1.54) is 0 Å². The van der Waals surface area contributed by atoms with Gasteiger partial charge in [-0.25, -0.2) is 0 Å². The van der Waals surface area contributed by atoms with Crippen LogP contribution in [0.4, 0.5) is 0 Å². The van der Waals surface area contributed by atoms with Crippen molar-refractivity contribution in [3.8, 4) is 0 Å². The number of aromatic nitrogens is 2. The number of hydrogen-bond donors (Lipinski definition) is 1. The monoisotopic (exact) mass is 181 g/mol. The largest absolute Gasteiger partial charge is 0.321 e. The highest BCUT2D eigenvalue weighted by Gasteiger charge is 2.17. The molecule has 0 spiro atoms. The number of nitrogens with zero attached hydrogens (tertiary/aromatic N) is 2. The summed E-state index contributed by atoms with van der Waals surface area (Å²) in [4.78, 5) is 0. The Kier molecular flexibility index (Phi) is 2.76. The molecule has 0 saturated carbocycles. The highest BCUT2D eigenvalue weighted by molar-refractivity contribution is 5.09. The summed E-state index contributed by atoms with van der Waals surface area (Å²) in [6.45, 7) is 9.24. The molecular weight excluding hydrogens is 162 g/mol. The summed E-state index contributed by atoms with van der Waals surface area (Å²) in [7, 11) is 0. The van der Waals surface area contributed by atoms with Gasteiger partial charge in [-0.1, -0.05) is 13.8 Å². The fraction of sp³-hybridized carbons (Fsp3) is 0.700. The summed E-state index contributed by atoms with van der Waals surface area (Å²) in [6, 6.07) is 1.99. The first-order chi connectivity index (χ1) is 5.89. The minimum atomic E-state index is -0.331. The second kappa shape index (κ2) is 3.50. The highest BCUT2D eigenvalue weighted by atomic mass is 15.3. The maximum atomic E-state index is 5.93. The van der Waals surface area contributed by atoms with Crippen molar-refractivity contribution in [1.82, 2.24) is 9.78 Å². The average molecular weight is 181 g/mol. The zero-order valence-corrected chi connectivity index (χ0v) is 8.91. The molecule has 3 nitrogen and oxygen atoms in total. The molecule has 0 fully saturated rings. The van der Waals surface area contributed by atoms with Crippen molar-refractivity contribution in [1.29, 1.82) is 0 Å². The predicted molar refractivity (Wildman–Crippen MR) is 54.3 cm³/mol. The Bertz CT molecular complexity index is 268. The lowest BCUT2D eigenvalue weighted by atomic mass is 10.0. The van der Waals surface area contributed by atoms with Gasteiger partial charge in [0.15, 0.2) is 0 Å². The van der Waals surface area contributed by atoms with E-state index in [4.69, 9.17) is 5.73 Å². The van der Waals surface area contributed by atoms with Crippen molar-refractivity contribution < 1.29 is 0 Å². The Morgan fingerprint density at radius 2 is 2.15 bits per heavy atom. The molecule has 0 unspecified atom stereocenters. The lowest BCUT2D eigenvalue weighted by molar-refractivity contribution is 0.459. The molecule has 0 aliphatic carbocycles. The summed E-state index contributed by atoms with van der Waals surface area (Å²) in [5.74, 6) is 0.619. The van der Waals surface area contributed by atoms with E-state index in [1.54, 1.807) is 0 Å². The normalized spacial score (nSPS) is 12.5. The minimum Gasteiger partial charge on any atom is -0.321 e. The molecule has 13 heavy (non-hydrogen) atoms. The van der Waals surface area contributed by atoms with Crippen LogP contribution < -0.4 is 5.73 Å². The van der Waals surface area contributed by atoms with Crippen LogP contribution in [0, 0.1) is 5.92 Å². The molecule has 0 amide bonds. The van der Waals surface area contributed by atoms with Gasteiger partial charge < -0.3 is 5.73 Å². The smallest absolute Gasteiger partial charge is 0.0817 e. The third-order valence-corrected chi connectivity index (χ3v) is 1.85. The van der Waals surface area contributed by atoms with Crippen LogP contribution in [0.5, 0.6) is 0 Å². The van der Waals surface area contributed by atoms with Crippen LogP contribution in [0.25, 0.3) is 0 Å². The molecule has 1 rings (SSSR count). The maximum Gasteiger partial charge on any atom is 0.0817 e. The summed E-state index contributed by atoms with van der Waals surface area (Å²) in [6.07, 6.45) is 1.99. The van der Waals surface area contributed by atoms with E-state index in [2.05, 4.69) is 18.9 Å². The summed E-state index contributed by atoms with van der Waals surface area (Å²) < 4.78 is 1.95. The van der Waals surface area contributed by atoms with Crippen LogP contribution in [0.2, 0.25) is 0 Å². The van der Waals surface area contributed by atoms with Crippen molar-refractivity contribution in [2.75, 3.05) is 0 Å². The van der Waals surface area contributed by atoms with Crippen molar-refractivity contribution in [3.63, 3.8) is 0 Å². The third-order valence-electron chi connectivity index (χ3n) is 1.85. The average Bonchev–Trinajstić information content (AvgIpc) is 2.32. The van der Waals surface area contributed by atoms with Crippen LogP contribution in [0.15, 0.2) is 12.3 Å². The molecule has 1 aromatic rings. The molecule has 0 saturated heterocycles. The minimum absolute atomic E-state index is 0.331. The van der Waals surface area contributed by atoms with Gasteiger partial charge in [-0.2, -0.15) is 5.10 Å². The van der Waals surface area contributed by atoms with Gasteiger partial charge in [0.2, 0.25) is 0 Å². The van der Waals surface area contributed by atoms with Gasteiger partial charge in [0.05, 0.1) is 11.2 Å². The van der Waals surface area contributed by atoms with Crippen LogP contribution in [0.3, 0.4) is 0 Å². The molecule has 3 heteroatoms. The third kappa shape index (κ3) is 2.84. The van der Waals surface area contributed by atoms with E-state index in [-0.39, 0.29) is 5.54 Å². The van der Waals surface area contributed by atoms with Crippen molar-refractivity contribution >= 4 is 0 Å². The van der Waals surface area contributed by atoms with Gasteiger partial charge in [0, 0.05) is 12.7 Å².